The maximum Gasteiger partial charge on any atom is 0.148 e. The van der Waals surface area contributed by atoms with Crippen LogP contribution in [0.25, 0.3) is 0 Å². The van der Waals surface area contributed by atoms with Crippen LogP contribution in [-0.2, 0) is 0 Å². The number of fused-ring (bicyclic) bond motifs is 1. The van der Waals surface area contributed by atoms with Crippen molar-refractivity contribution in [3.8, 4) is 0 Å². The highest BCUT2D eigenvalue weighted by atomic mass is 15.1. The van der Waals surface area contributed by atoms with Crippen molar-refractivity contribution < 1.29 is 0 Å². The molecule has 2 unspecified atom stereocenters. The van der Waals surface area contributed by atoms with Crippen LogP contribution in [0.5, 0.6) is 0 Å². The van der Waals surface area contributed by atoms with E-state index in [1.807, 2.05) is 6.07 Å². The molecule has 0 amide bonds. The Bertz CT molecular complexity index is 536. The summed E-state index contributed by atoms with van der Waals surface area (Å²) in [6.45, 7) is 4.48. The van der Waals surface area contributed by atoms with Crippen molar-refractivity contribution in [2.45, 2.75) is 25.8 Å². The van der Waals surface area contributed by atoms with Gasteiger partial charge in [-0.2, -0.15) is 0 Å². The molecule has 1 aromatic carbocycles. The van der Waals surface area contributed by atoms with Crippen LogP contribution >= 0.6 is 0 Å². The number of aromatic nitrogens is 2. The third-order valence-electron chi connectivity index (χ3n) is 3.57. The lowest BCUT2D eigenvalue weighted by molar-refractivity contribution is 0.456. The first-order valence-electron chi connectivity index (χ1n) is 6.40. The van der Waals surface area contributed by atoms with Gasteiger partial charge >= 0.3 is 0 Å². The highest BCUT2D eigenvalue weighted by Gasteiger charge is 2.36. The summed E-state index contributed by atoms with van der Waals surface area (Å²) in [5.41, 5.74) is 2.40. The van der Waals surface area contributed by atoms with Crippen molar-refractivity contribution >= 4 is 5.82 Å². The van der Waals surface area contributed by atoms with E-state index in [4.69, 9.17) is 0 Å². The Labute approximate surface area is 107 Å². The Kier molecular flexibility index (Phi) is 2.74. The number of nitrogens with zero attached hydrogens (tertiary/aromatic N) is 2. The molecular formula is C15H17N3. The highest BCUT2D eigenvalue weighted by molar-refractivity contribution is 5.52. The maximum atomic E-state index is 4.51. The Morgan fingerprint density at radius 2 is 1.78 bits per heavy atom. The van der Waals surface area contributed by atoms with Crippen LogP contribution in [0.1, 0.15) is 37.1 Å². The van der Waals surface area contributed by atoms with Gasteiger partial charge in [-0.15, -0.1) is 0 Å². The van der Waals surface area contributed by atoms with Gasteiger partial charge in [0.15, 0.2) is 0 Å². The molecule has 3 nitrogen and oxygen atoms in total. The molecule has 2 heterocycles. The number of benzene rings is 1. The normalized spacial score (nSPS) is 21.7. The van der Waals surface area contributed by atoms with E-state index in [0.29, 0.717) is 11.8 Å². The maximum absolute atomic E-state index is 4.51. The Balaban J connectivity index is 2.04. The third-order valence-corrected chi connectivity index (χ3v) is 3.57. The van der Waals surface area contributed by atoms with Crippen molar-refractivity contribution in [3.05, 3.63) is 54.0 Å². The van der Waals surface area contributed by atoms with Crippen LogP contribution < -0.4 is 5.32 Å². The molecule has 0 saturated carbocycles. The zero-order valence-corrected chi connectivity index (χ0v) is 10.7. The van der Waals surface area contributed by atoms with Crippen LogP contribution in [0.2, 0.25) is 0 Å². The molecule has 0 aliphatic carbocycles. The van der Waals surface area contributed by atoms with E-state index in [0.717, 1.165) is 11.5 Å². The zero-order valence-electron chi connectivity index (χ0n) is 10.7. The number of hydrogen-bond acceptors (Lipinski definition) is 3. The predicted octanol–water partition coefficient (Wildman–Crippen LogP) is 3.38. The van der Waals surface area contributed by atoms with Crippen molar-refractivity contribution in [3.63, 3.8) is 0 Å². The summed E-state index contributed by atoms with van der Waals surface area (Å²) in [4.78, 5) is 8.91. The van der Waals surface area contributed by atoms with Gasteiger partial charge in [0.2, 0.25) is 0 Å². The fourth-order valence-corrected chi connectivity index (χ4v) is 2.75. The van der Waals surface area contributed by atoms with Gasteiger partial charge in [0, 0.05) is 18.3 Å². The Morgan fingerprint density at radius 1 is 1.06 bits per heavy atom. The second-order valence-corrected chi connectivity index (χ2v) is 5.09. The molecule has 0 bridgehead atoms. The van der Waals surface area contributed by atoms with Crippen LogP contribution in [0.4, 0.5) is 5.82 Å². The van der Waals surface area contributed by atoms with Gasteiger partial charge < -0.3 is 5.32 Å². The Hall–Kier alpha value is -1.90. The molecule has 18 heavy (non-hydrogen) atoms. The van der Waals surface area contributed by atoms with Gasteiger partial charge in [-0.05, 0) is 11.5 Å². The summed E-state index contributed by atoms with van der Waals surface area (Å²) < 4.78 is 0. The lowest BCUT2D eigenvalue weighted by Gasteiger charge is -2.23. The van der Waals surface area contributed by atoms with Crippen molar-refractivity contribution in [2.75, 3.05) is 5.32 Å². The molecule has 92 valence electrons. The van der Waals surface area contributed by atoms with Gasteiger partial charge in [0.25, 0.3) is 0 Å². The first kappa shape index (κ1) is 11.2. The SMILES string of the molecule is CC(C)C1c2nccnc2NC1c1ccccc1. The summed E-state index contributed by atoms with van der Waals surface area (Å²) in [6.07, 6.45) is 3.53. The van der Waals surface area contributed by atoms with E-state index in [9.17, 15) is 0 Å². The second kappa shape index (κ2) is 4.41. The fraction of sp³-hybridized carbons (Fsp3) is 0.333. The van der Waals surface area contributed by atoms with E-state index < -0.39 is 0 Å². The van der Waals surface area contributed by atoms with Gasteiger partial charge in [-0.3, -0.25) is 4.98 Å². The average molecular weight is 239 g/mol. The molecule has 0 spiro atoms. The van der Waals surface area contributed by atoms with E-state index in [-0.39, 0.29) is 6.04 Å². The highest BCUT2D eigenvalue weighted by Crippen LogP contribution is 2.45. The van der Waals surface area contributed by atoms with Crippen LogP contribution in [-0.4, -0.2) is 9.97 Å². The third kappa shape index (κ3) is 1.76. The topological polar surface area (TPSA) is 37.8 Å². The summed E-state index contributed by atoms with van der Waals surface area (Å²) in [7, 11) is 0. The minimum Gasteiger partial charge on any atom is -0.361 e. The lowest BCUT2D eigenvalue weighted by Crippen LogP contribution is -2.16. The van der Waals surface area contributed by atoms with Crippen LogP contribution in [0.3, 0.4) is 0 Å². The molecule has 2 aromatic rings. The predicted molar refractivity (Wildman–Crippen MR) is 72.4 cm³/mol. The van der Waals surface area contributed by atoms with E-state index in [2.05, 4.69) is 53.4 Å². The van der Waals surface area contributed by atoms with Crippen LogP contribution in [0.15, 0.2) is 42.7 Å². The van der Waals surface area contributed by atoms with Gasteiger partial charge in [0.05, 0.1) is 11.7 Å². The fourth-order valence-electron chi connectivity index (χ4n) is 2.75. The first-order valence-corrected chi connectivity index (χ1v) is 6.40. The summed E-state index contributed by atoms with van der Waals surface area (Å²) in [5, 5.41) is 3.51. The molecule has 3 heteroatoms. The second-order valence-electron chi connectivity index (χ2n) is 5.09. The molecule has 0 saturated heterocycles. The van der Waals surface area contributed by atoms with Crippen molar-refractivity contribution in [2.24, 2.45) is 5.92 Å². The molecule has 2 atom stereocenters. The minimum atomic E-state index is 0.281. The molecule has 1 aromatic heterocycles. The lowest BCUT2D eigenvalue weighted by atomic mass is 9.85. The van der Waals surface area contributed by atoms with Crippen LogP contribution in [0, 0.1) is 5.92 Å². The number of nitrogens with one attached hydrogen (secondary N) is 1. The molecule has 1 aliphatic rings. The van der Waals surface area contributed by atoms with E-state index in [1.54, 1.807) is 12.4 Å². The Morgan fingerprint density at radius 3 is 2.50 bits per heavy atom. The summed E-state index contributed by atoms with van der Waals surface area (Å²) >= 11 is 0. The monoisotopic (exact) mass is 239 g/mol. The van der Waals surface area contributed by atoms with Crippen molar-refractivity contribution in [1.29, 1.82) is 0 Å². The number of hydrogen-bond donors (Lipinski definition) is 1. The molecule has 1 aliphatic heterocycles. The quantitative estimate of drug-likeness (QED) is 0.873. The van der Waals surface area contributed by atoms with E-state index in [1.165, 1.54) is 5.56 Å². The molecule has 0 radical (unpaired) electrons. The summed E-state index contributed by atoms with van der Waals surface area (Å²) in [5.74, 6) is 1.85. The van der Waals surface area contributed by atoms with Gasteiger partial charge in [-0.1, -0.05) is 44.2 Å². The summed E-state index contributed by atoms with van der Waals surface area (Å²) in [6, 6.07) is 10.8. The van der Waals surface area contributed by atoms with E-state index >= 15 is 0 Å². The minimum absolute atomic E-state index is 0.281. The molecule has 3 rings (SSSR count). The zero-order chi connectivity index (χ0) is 12.5. The van der Waals surface area contributed by atoms with Gasteiger partial charge in [0.1, 0.15) is 5.82 Å². The van der Waals surface area contributed by atoms with Crippen molar-refractivity contribution in [1.82, 2.24) is 9.97 Å². The standard InChI is InChI=1S/C15H17N3/c1-10(2)12-13(11-6-4-3-5-7-11)18-15-14(12)16-8-9-17-15/h3-10,12-13H,1-2H3,(H,17,18). The number of rotatable bonds is 2. The average Bonchev–Trinajstić information content (AvgIpc) is 2.79. The molecule has 1 N–H and O–H groups in total. The van der Waals surface area contributed by atoms with Gasteiger partial charge in [-0.25, -0.2) is 4.98 Å². The molecular weight excluding hydrogens is 222 g/mol. The molecule has 0 fully saturated rings. The number of anilines is 1. The largest absolute Gasteiger partial charge is 0.361 e. The smallest absolute Gasteiger partial charge is 0.148 e. The first-order chi connectivity index (χ1) is 8.77.